The minimum atomic E-state index is -4.59. The Balaban J connectivity index is 1.59. The van der Waals surface area contributed by atoms with Gasteiger partial charge in [-0.2, -0.15) is 8.42 Å². The minimum Gasteiger partial charge on any atom is -0.385 e. The number of H-pyrrole nitrogens is 2. The average molecular weight is 415 g/mol. The van der Waals surface area contributed by atoms with Crippen molar-refractivity contribution in [3.05, 3.63) is 32.6 Å². The number of aliphatic hydroxyl groups excluding tert-OH is 1. The molecule has 13 heteroatoms. The summed E-state index contributed by atoms with van der Waals surface area (Å²) >= 11 is 0. The molecule has 1 aromatic rings. The number of aromatic amines is 2. The molecule has 0 aromatic carbocycles. The molecule has 4 heterocycles. The monoisotopic (exact) mass is 415 g/mol. The molecule has 6 atom stereocenters. The molecule has 0 radical (unpaired) electrons. The zero-order chi connectivity index (χ0) is 20.2. The van der Waals surface area contributed by atoms with Gasteiger partial charge in [0.15, 0.2) is 5.96 Å². The fourth-order valence-corrected chi connectivity index (χ4v) is 4.98. The van der Waals surface area contributed by atoms with Crippen LogP contribution in [0.5, 0.6) is 0 Å². The lowest BCUT2D eigenvalue weighted by Crippen LogP contribution is -2.65. The molecular formula is C15H21N5O7S. The van der Waals surface area contributed by atoms with Gasteiger partial charge >= 0.3 is 16.1 Å². The number of nitrogens with zero attached hydrogens (tertiary/aromatic N) is 2. The van der Waals surface area contributed by atoms with Crippen LogP contribution < -0.4 is 16.6 Å². The first-order valence-corrected chi connectivity index (χ1v) is 10.3. The van der Waals surface area contributed by atoms with Crippen LogP contribution in [-0.2, 0) is 14.6 Å². The number of aliphatic imine (C=N–C) groups is 1. The summed E-state index contributed by atoms with van der Waals surface area (Å²) < 4.78 is 36.4. The highest BCUT2D eigenvalue weighted by atomic mass is 32.3. The van der Waals surface area contributed by atoms with Crippen molar-refractivity contribution in [2.45, 2.75) is 50.1 Å². The number of piperidine rings is 1. The van der Waals surface area contributed by atoms with Gasteiger partial charge in [0.2, 0.25) is 0 Å². The lowest BCUT2D eigenvalue weighted by Gasteiger charge is -2.50. The molecule has 0 unspecified atom stereocenters. The first-order chi connectivity index (χ1) is 13.1. The number of hydrogen-bond acceptors (Lipinski definition) is 9. The molecule has 0 aliphatic carbocycles. The van der Waals surface area contributed by atoms with Gasteiger partial charge < -0.3 is 20.3 Å². The van der Waals surface area contributed by atoms with Gasteiger partial charge in [-0.3, -0.25) is 19.3 Å². The Bertz CT molecular complexity index is 990. The Morgan fingerprint density at radius 2 is 2.07 bits per heavy atom. The molecule has 3 aliphatic rings. The summed E-state index contributed by atoms with van der Waals surface area (Å²) in [6.07, 6.45) is -1.19. The van der Waals surface area contributed by atoms with E-state index in [2.05, 4.69) is 20.2 Å². The first-order valence-electron chi connectivity index (χ1n) is 8.89. The Kier molecular flexibility index (Phi) is 4.56. The fourth-order valence-electron chi connectivity index (χ4n) is 4.42. The third kappa shape index (κ3) is 3.45. The third-order valence-corrected chi connectivity index (χ3v) is 6.18. The van der Waals surface area contributed by atoms with Crippen LogP contribution in [-0.4, -0.2) is 69.7 Å². The van der Waals surface area contributed by atoms with Crippen LogP contribution in [0.25, 0.3) is 0 Å². The van der Waals surface area contributed by atoms with Gasteiger partial charge in [0, 0.05) is 18.0 Å². The minimum absolute atomic E-state index is 0.0739. The molecule has 154 valence electrons. The van der Waals surface area contributed by atoms with Crippen molar-refractivity contribution in [1.82, 2.24) is 20.2 Å². The summed E-state index contributed by atoms with van der Waals surface area (Å²) in [4.78, 5) is 34.0. The molecule has 5 N–H and O–H groups in total. The summed E-state index contributed by atoms with van der Waals surface area (Å²) in [7, 11) is -4.59. The van der Waals surface area contributed by atoms with E-state index in [1.807, 2.05) is 11.9 Å². The molecule has 4 rings (SSSR count). The topological polar surface area (TPSA) is 177 Å². The van der Waals surface area contributed by atoms with E-state index >= 15 is 0 Å². The zero-order valence-corrected chi connectivity index (χ0v) is 15.7. The molecule has 0 spiro atoms. The van der Waals surface area contributed by atoms with Crippen molar-refractivity contribution in [3.63, 3.8) is 0 Å². The molecule has 2 saturated heterocycles. The standard InChI is InChI=1S/C15H21N5O7S/c1-6-10-5-16-14-17-8(13(22)9-4-12(21)19-15(23)18-9)2-7(20(10)14)3-11(6)27-28(24,25)26/h4,6-8,10-11,13,22H,2-3,5H2,1H3,(H,16,17)(H,24,25,26)(H2,18,19,21,23)/t6-,7+,8-,10-,11+,13+/m0/s1. The van der Waals surface area contributed by atoms with Gasteiger partial charge in [-0.25, -0.2) is 8.98 Å². The molecule has 1 aromatic heterocycles. The van der Waals surface area contributed by atoms with E-state index in [1.54, 1.807) is 0 Å². The van der Waals surface area contributed by atoms with Gasteiger partial charge in [0.25, 0.3) is 5.56 Å². The van der Waals surface area contributed by atoms with Crippen molar-refractivity contribution in [2.75, 3.05) is 6.54 Å². The second kappa shape index (κ2) is 6.69. The number of guanidine groups is 1. The number of nitrogens with one attached hydrogen (secondary N) is 3. The number of aliphatic hydroxyl groups is 1. The number of hydrogen-bond donors (Lipinski definition) is 5. The van der Waals surface area contributed by atoms with Crippen LogP contribution >= 0.6 is 0 Å². The van der Waals surface area contributed by atoms with Gasteiger partial charge in [-0.05, 0) is 12.8 Å². The van der Waals surface area contributed by atoms with Crippen molar-refractivity contribution < 1.29 is 22.3 Å². The van der Waals surface area contributed by atoms with E-state index in [4.69, 9.17) is 8.74 Å². The first kappa shape index (κ1) is 19.1. The number of rotatable bonds is 4. The average Bonchev–Trinajstić information content (AvgIpc) is 3.01. The molecule has 0 bridgehead atoms. The number of aromatic nitrogens is 2. The van der Waals surface area contributed by atoms with Crippen molar-refractivity contribution in [1.29, 1.82) is 0 Å². The molecule has 3 aliphatic heterocycles. The summed E-state index contributed by atoms with van der Waals surface area (Å²) in [5.74, 6) is 0.390. The maximum absolute atomic E-state index is 11.5. The summed E-state index contributed by atoms with van der Waals surface area (Å²) in [6.45, 7) is 2.27. The molecule has 0 saturated carbocycles. The quantitative estimate of drug-likeness (QED) is 0.351. The Morgan fingerprint density at radius 1 is 1.32 bits per heavy atom. The highest BCUT2D eigenvalue weighted by Crippen LogP contribution is 2.39. The third-order valence-electron chi connectivity index (χ3n) is 5.69. The molecule has 2 fully saturated rings. The highest BCUT2D eigenvalue weighted by molar-refractivity contribution is 7.80. The van der Waals surface area contributed by atoms with E-state index < -0.39 is 39.9 Å². The maximum Gasteiger partial charge on any atom is 0.397 e. The van der Waals surface area contributed by atoms with Gasteiger partial charge in [0.1, 0.15) is 6.10 Å². The second-order valence-corrected chi connectivity index (χ2v) is 8.47. The van der Waals surface area contributed by atoms with Crippen molar-refractivity contribution in [3.8, 4) is 0 Å². The molecule has 12 nitrogen and oxygen atoms in total. The van der Waals surface area contributed by atoms with E-state index in [-0.39, 0.29) is 23.7 Å². The predicted octanol–water partition coefficient (Wildman–Crippen LogP) is -1.90. The van der Waals surface area contributed by atoms with Crippen LogP contribution in [0.3, 0.4) is 0 Å². The predicted molar refractivity (Wildman–Crippen MR) is 96.1 cm³/mol. The Morgan fingerprint density at radius 3 is 2.75 bits per heavy atom. The van der Waals surface area contributed by atoms with E-state index in [1.165, 1.54) is 0 Å². The molecule has 0 amide bonds. The lowest BCUT2D eigenvalue weighted by atomic mass is 9.81. The Hall–Kier alpha value is -2.22. The summed E-state index contributed by atoms with van der Waals surface area (Å²) in [6, 6.07) is 0.275. The van der Waals surface area contributed by atoms with Crippen LogP contribution in [0.1, 0.15) is 31.6 Å². The van der Waals surface area contributed by atoms with Crippen molar-refractivity contribution in [2.24, 2.45) is 10.9 Å². The Labute approximate surface area is 159 Å². The van der Waals surface area contributed by atoms with E-state index in [0.717, 1.165) is 6.07 Å². The van der Waals surface area contributed by atoms with Crippen LogP contribution in [0, 0.1) is 5.92 Å². The van der Waals surface area contributed by atoms with Gasteiger partial charge in [-0.15, -0.1) is 0 Å². The summed E-state index contributed by atoms with van der Waals surface area (Å²) in [5.41, 5.74) is -1.27. The molecule has 28 heavy (non-hydrogen) atoms. The fraction of sp³-hybridized carbons (Fsp3) is 0.667. The highest BCUT2D eigenvalue weighted by Gasteiger charge is 2.50. The smallest absolute Gasteiger partial charge is 0.385 e. The normalized spacial score (nSPS) is 33.0. The second-order valence-electron chi connectivity index (χ2n) is 7.42. The lowest BCUT2D eigenvalue weighted by molar-refractivity contribution is -0.00935. The maximum atomic E-state index is 11.5. The van der Waals surface area contributed by atoms with Crippen molar-refractivity contribution >= 4 is 16.4 Å². The van der Waals surface area contributed by atoms with Crippen LogP contribution in [0.15, 0.2) is 20.6 Å². The van der Waals surface area contributed by atoms with E-state index in [9.17, 15) is 23.1 Å². The summed E-state index contributed by atoms with van der Waals surface area (Å²) in [5, 5.41) is 13.8. The molecular weight excluding hydrogens is 394 g/mol. The van der Waals surface area contributed by atoms with Gasteiger partial charge in [0.05, 0.1) is 30.4 Å². The van der Waals surface area contributed by atoms with Gasteiger partial charge in [-0.1, -0.05) is 6.92 Å². The van der Waals surface area contributed by atoms with Crippen LogP contribution in [0.2, 0.25) is 0 Å². The SMILES string of the molecule is C[C@@H]1[C@H](OS(=O)(=O)O)C[C@H]2C[C@@H]([C@@H](O)c3cc(=O)[nH]c(=O)[nH]3)NC3=NC[C@@H]1N32. The largest absolute Gasteiger partial charge is 0.397 e. The van der Waals surface area contributed by atoms with Crippen LogP contribution in [0.4, 0.5) is 0 Å². The van der Waals surface area contributed by atoms with E-state index in [0.29, 0.717) is 25.3 Å². The zero-order valence-electron chi connectivity index (χ0n) is 14.9.